The minimum atomic E-state index is -3.59. The molecule has 1 aromatic rings. The van der Waals surface area contributed by atoms with Crippen LogP contribution in [0.4, 0.5) is 0 Å². The highest BCUT2D eigenvalue weighted by Gasteiger charge is 2.33. The van der Waals surface area contributed by atoms with Gasteiger partial charge in [0.25, 0.3) is 15.9 Å². The van der Waals surface area contributed by atoms with Crippen molar-refractivity contribution in [2.45, 2.75) is 18.2 Å². The monoisotopic (exact) mass is 211 g/mol. The van der Waals surface area contributed by atoms with Crippen LogP contribution >= 0.6 is 0 Å². The summed E-state index contributed by atoms with van der Waals surface area (Å²) in [6.07, 6.45) is 0.645. The van der Waals surface area contributed by atoms with Crippen molar-refractivity contribution in [1.82, 2.24) is 4.72 Å². The Morgan fingerprint density at radius 2 is 2.07 bits per heavy atom. The maximum Gasteiger partial charge on any atom is 0.266 e. The van der Waals surface area contributed by atoms with Gasteiger partial charge in [-0.05, 0) is 18.1 Å². The molecular weight excluding hydrogens is 202 g/mol. The second-order valence-corrected chi connectivity index (χ2v) is 4.73. The van der Waals surface area contributed by atoms with Crippen LogP contribution in [0.1, 0.15) is 22.8 Å². The van der Waals surface area contributed by atoms with Crippen molar-refractivity contribution in [3.63, 3.8) is 0 Å². The van der Waals surface area contributed by atoms with E-state index in [1.807, 2.05) is 11.6 Å². The molecule has 1 heterocycles. The largest absolute Gasteiger partial charge is 0.268 e. The summed E-state index contributed by atoms with van der Waals surface area (Å²) in [6.45, 7) is 1.88. The van der Waals surface area contributed by atoms with Gasteiger partial charge in [-0.25, -0.2) is 13.1 Å². The van der Waals surface area contributed by atoms with Crippen molar-refractivity contribution < 1.29 is 13.2 Å². The quantitative estimate of drug-likeness (QED) is 0.743. The van der Waals surface area contributed by atoms with Gasteiger partial charge in [0.1, 0.15) is 4.90 Å². The Bertz CT molecular complexity index is 505. The zero-order valence-electron chi connectivity index (χ0n) is 7.57. The molecule has 74 valence electrons. The molecule has 0 saturated heterocycles. The van der Waals surface area contributed by atoms with Gasteiger partial charge in [-0.3, -0.25) is 4.79 Å². The molecule has 1 amide bonds. The lowest BCUT2D eigenvalue weighted by atomic mass is 10.1. The highest BCUT2D eigenvalue weighted by molar-refractivity contribution is 7.90. The van der Waals surface area contributed by atoms with Gasteiger partial charge in [-0.1, -0.05) is 19.1 Å². The molecule has 0 aromatic heterocycles. The molecule has 4 nitrogen and oxygen atoms in total. The minimum absolute atomic E-state index is 0.0989. The number of hydrogen-bond acceptors (Lipinski definition) is 3. The SMILES string of the molecule is CCc1cccc2c1C(=O)NS2(=O)=O. The first-order valence-corrected chi connectivity index (χ1v) is 5.73. The molecule has 1 N–H and O–H groups in total. The molecule has 1 aromatic carbocycles. The number of nitrogens with one attached hydrogen (secondary N) is 1. The van der Waals surface area contributed by atoms with Gasteiger partial charge in [0.05, 0.1) is 5.56 Å². The lowest BCUT2D eigenvalue weighted by Crippen LogP contribution is -2.21. The number of benzene rings is 1. The topological polar surface area (TPSA) is 63.2 Å². The number of rotatable bonds is 1. The molecule has 0 atom stereocenters. The summed E-state index contributed by atoms with van der Waals surface area (Å²) in [7, 11) is -3.59. The van der Waals surface area contributed by atoms with E-state index in [0.717, 1.165) is 5.56 Å². The van der Waals surface area contributed by atoms with Crippen LogP contribution in [0.3, 0.4) is 0 Å². The molecule has 0 unspecified atom stereocenters. The summed E-state index contributed by atoms with van der Waals surface area (Å²) in [5.41, 5.74) is 1.07. The third-order valence-electron chi connectivity index (χ3n) is 2.24. The molecule has 0 radical (unpaired) electrons. The number of amides is 1. The van der Waals surface area contributed by atoms with Gasteiger partial charge >= 0.3 is 0 Å². The van der Waals surface area contributed by atoms with Crippen LogP contribution in [0.15, 0.2) is 23.1 Å². The zero-order chi connectivity index (χ0) is 10.3. The van der Waals surface area contributed by atoms with E-state index < -0.39 is 15.9 Å². The predicted octanol–water partition coefficient (Wildman–Crippen LogP) is 0.681. The van der Waals surface area contributed by atoms with E-state index in [2.05, 4.69) is 0 Å². The molecule has 1 aliphatic rings. The first-order chi connectivity index (χ1) is 6.56. The highest BCUT2D eigenvalue weighted by atomic mass is 32.2. The second-order valence-electron chi connectivity index (χ2n) is 3.08. The van der Waals surface area contributed by atoms with Gasteiger partial charge < -0.3 is 0 Å². The minimum Gasteiger partial charge on any atom is -0.268 e. The van der Waals surface area contributed by atoms with E-state index in [9.17, 15) is 13.2 Å². The molecule has 14 heavy (non-hydrogen) atoms. The van der Waals surface area contributed by atoms with E-state index >= 15 is 0 Å². The molecule has 0 saturated carbocycles. The summed E-state index contributed by atoms with van der Waals surface area (Å²) in [4.78, 5) is 11.5. The van der Waals surface area contributed by atoms with Crippen LogP contribution in [0.5, 0.6) is 0 Å². The van der Waals surface area contributed by atoms with Gasteiger partial charge in [-0.15, -0.1) is 0 Å². The predicted molar refractivity (Wildman–Crippen MR) is 50.5 cm³/mol. The van der Waals surface area contributed by atoms with Crippen molar-refractivity contribution in [3.05, 3.63) is 29.3 Å². The van der Waals surface area contributed by atoms with Gasteiger partial charge in [-0.2, -0.15) is 0 Å². The first-order valence-electron chi connectivity index (χ1n) is 4.25. The van der Waals surface area contributed by atoms with Crippen LogP contribution in [-0.4, -0.2) is 14.3 Å². The van der Waals surface area contributed by atoms with Gasteiger partial charge in [0.2, 0.25) is 0 Å². The smallest absolute Gasteiger partial charge is 0.266 e. The first kappa shape index (κ1) is 9.21. The Morgan fingerprint density at radius 1 is 1.36 bits per heavy atom. The number of carbonyl (C=O) groups is 1. The fourth-order valence-electron chi connectivity index (χ4n) is 1.58. The van der Waals surface area contributed by atoms with Crippen molar-refractivity contribution >= 4 is 15.9 Å². The van der Waals surface area contributed by atoms with Gasteiger partial charge in [0, 0.05) is 0 Å². The van der Waals surface area contributed by atoms with E-state index in [1.54, 1.807) is 12.1 Å². The van der Waals surface area contributed by atoms with Crippen LogP contribution in [0.2, 0.25) is 0 Å². The summed E-state index contributed by atoms with van der Waals surface area (Å²) >= 11 is 0. The normalized spacial score (nSPS) is 17.6. The second kappa shape index (κ2) is 2.81. The lowest BCUT2D eigenvalue weighted by molar-refractivity contribution is 0.0984. The number of aryl methyl sites for hydroxylation is 1. The average molecular weight is 211 g/mol. The van der Waals surface area contributed by atoms with E-state index in [0.29, 0.717) is 12.0 Å². The van der Waals surface area contributed by atoms with E-state index in [4.69, 9.17) is 0 Å². The van der Waals surface area contributed by atoms with Crippen molar-refractivity contribution in [3.8, 4) is 0 Å². The Labute approximate surface area is 82.0 Å². The summed E-state index contributed by atoms with van der Waals surface area (Å²) in [5.74, 6) is -0.516. The maximum atomic E-state index is 11.4. The number of sulfonamides is 1. The van der Waals surface area contributed by atoms with Gasteiger partial charge in [0.15, 0.2) is 0 Å². The number of carbonyl (C=O) groups excluding carboxylic acids is 1. The Hall–Kier alpha value is -1.36. The molecule has 1 aliphatic heterocycles. The van der Waals surface area contributed by atoms with Crippen molar-refractivity contribution in [2.24, 2.45) is 0 Å². The van der Waals surface area contributed by atoms with Crippen molar-refractivity contribution in [2.75, 3.05) is 0 Å². The molecule has 2 rings (SSSR count). The van der Waals surface area contributed by atoms with Crippen LogP contribution in [0, 0.1) is 0 Å². The fraction of sp³-hybridized carbons (Fsp3) is 0.222. The van der Waals surface area contributed by atoms with Crippen LogP contribution in [0.25, 0.3) is 0 Å². The fourth-order valence-corrected chi connectivity index (χ4v) is 2.79. The standard InChI is InChI=1S/C9H9NO3S/c1-2-6-4-3-5-7-8(6)9(11)10-14(7,12)13/h3-5H,2H2,1H3,(H,10,11). The molecular formula is C9H9NO3S. The number of fused-ring (bicyclic) bond motifs is 1. The molecule has 0 bridgehead atoms. The Morgan fingerprint density at radius 3 is 2.71 bits per heavy atom. The molecule has 5 heteroatoms. The maximum absolute atomic E-state index is 11.4. The number of hydrogen-bond donors (Lipinski definition) is 1. The molecule has 0 fully saturated rings. The summed E-state index contributed by atoms with van der Waals surface area (Å²) in [5, 5.41) is 0. The third kappa shape index (κ3) is 1.13. The van der Waals surface area contributed by atoms with Crippen LogP contribution < -0.4 is 4.72 Å². The Balaban J connectivity index is 2.80. The Kier molecular flexibility index (Phi) is 1.85. The zero-order valence-corrected chi connectivity index (χ0v) is 8.39. The summed E-state index contributed by atoms with van der Waals surface area (Å²) < 4.78 is 24.8. The lowest BCUT2D eigenvalue weighted by Gasteiger charge is -2.00. The molecule has 0 spiro atoms. The van der Waals surface area contributed by atoms with Crippen molar-refractivity contribution in [1.29, 1.82) is 0 Å². The average Bonchev–Trinajstić information content (AvgIpc) is 2.38. The summed E-state index contributed by atoms with van der Waals surface area (Å²) in [6, 6.07) is 4.86. The molecule has 0 aliphatic carbocycles. The van der Waals surface area contributed by atoms with E-state index in [1.165, 1.54) is 6.07 Å². The van der Waals surface area contributed by atoms with E-state index in [-0.39, 0.29) is 4.90 Å². The van der Waals surface area contributed by atoms with Crippen LogP contribution in [-0.2, 0) is 16.4 Å². The highest BCUT2D eigenvalue weighted by Crippen LogP contribution is 2.25. The third-order valence-corrected chi connectivity index (χ3v) is 3.61.